The molecule has 2 aromatic rings. The van der Waals surface area contributed by atoms with E-state index in [2.05, 4.69) is 15.5 Å². The normalized spacial score (nSPS) is 23.7. The van der Waals surface area contributed by atoms with Crippen LogP contribution in [0.15, 0.2) is 28.8 Å². The number of nitrogens with one attached hydrogen (secondary N) is 1. The topological polar surface area (TPSA) is 115 Å². The van der Waals surface area contributed by atoms with Crippen molar-refractivity contribution < 1.29 is 23.6 Å². The van der Waals surface area contributed by atoms with Crippen molar-refractivity contribution in [3.05, 3.63) is 35.7 Å². The number of hydrogen-bond acceptors (Lipinski definition) is 7. The smallest absolute Gasteiger partial charge is 0.326 e. The number of ether oxygens (including phenoxy) is 1. The second kappa shape index (κ2) is 7.89. The molecule has 2 atom stereocenters. The summed E-state index contributed by atoms with van der Waals surface area (Å²) in [6.45, 7) is 3.21. The Balaban J connectivity index is 1.36. The molecule has 1 spiro atoms. The summed E-state index contributed by atoms with van der Waals surface area (Å²) in [6.07, 6.45) is 3.36. The highest BCUT2D eigenvalue weighted by Crippen LogP contribution is 2.38. The number of rotatable bonds is 5. The number of nitrogens with zero attached hydrogens (tertiary/aromatic N) is 3. The first kappa shape index (κ1) is 20.1. The van der Waals surface area contributed by atoms with Crippen molar-refractivity contribution >= 4 is 17.9 Å². The van der Waals surface area contributed by atoms with Crippen molar-refractivity contribution in [3.63, 3.8) is 0 Å². The van der Waals surface area contributed by atoms with Crippen molar-refractivity contribution in [3.8, 4) is 11.4 Å². The SMILES string of the molecule is Cc1ccccc1-c1noc(COC(=O)CN2C(=O)N[C@@]3(CCCC[C@@H]3C)C2=O)n1. The summed E-state index contributed by atoms with van der Waals surface area (Å²) in [5.41, 5.74) is 0.918. The van der Waals surface area contributed by atoms with Gasteiger partial charge < -0.3 is 14.6 Å². The minimum Gasteiger partial charge on any atom is -0.454 e. The molecule has 3 amide bonds. The van der Waals surface area contributed by atoms with Crippen molar-refractivity contribution in [2.24, 2.45) is 5.92 Å². The van der Waals surface area contributed by atoms with Crippen LogP contribution in [0.3, 0.4) is 0 Å². The van der Waals surface area contributed by atoms with Gasteiger partial charge in [-0.25, -0.2) is 4.79 Å². The zero-order valence-electron chi connectivity index (χ0n) is 17.0. The highest BCUT2D eigenvalue weighted by Gasteiger charge is 2.55. The van der Waals surface area contributed by atoms with Gasteiger partial charge in [-0.15, -0.1) is 0 Å². The maximum absolute atomic E-state index is 12.9. The lowest BCUT2D eigenvalue weighted by molar-refractivity contribution is -0.150. The quantitative estimate of drug-likeness (QED) is 0.593. The minimum atomic E-state index is -0.898. The van der Waals surface area contributed by atoms with Crippen LogP contribution in [0.1, 0.15) is 44.1 Å². The first-order chi connectivity index (χ1) is 14.4. The number of hydrogen-bond donors (Lipinski definition) is 1. The second-order valence-electron chi connectivity index (χ2n) is 7.93. The molecule has 0 unspecified atom stereocenters. The molecule has 30 heavy (non-hydrogen) atoms. The largest absolute Gasteiger partial charge is 0.454 e. The summed E-state index contributed by atoms with van der Waals surface area (Å²) in [5.74, 6) is -0.495. The van der Waals surface area contributed by atoms with Gasteiger partial charge in [0.2, 0.25) is 5.82 Å². The molecule has 4 rings (SSSR count). The minimum absolute atomic E-state index is 0.0296. The molecule has 158 valence electrons. The Bertz CT molecular complexity index is 987. The second-order valence-corrected chi connectivity index (χ2v) is 7.93. The number of esters is 1. The predicted octanol–water partition coefficient (Wildman–Crippen LogP) is 2.59. The molecule has 1 N–H and O–H groups in total. The summed E-state index contributed by atoms with van der Waals surface area (Å²) in [5, 5.41) is 6.73. The van der Waals surface area contributed by atoms with Gasteiger partial charge in [-0.2, -0.15) is 4.98 Å². The molecule has 2 heterocycles. The number of benzene rings is 1. The Kier molecular flexibility index (Phi) is 5.27. The number of carbonyl (C=O) groups is 3. The van der Waals surface area contributed by atoms with Gasteiger partial charge in [-0.1, -0.05) is 49.2 Å². The van der Waals surface area contributed by atoms with Gasteiger partial charge >= 0.3 is 12.0 Å². The van der Waals surface area contributed by atoms with Crippen LogP contribution in [0.25, 0.3) is 11.4 Å². The Labute approximate surface area is 173 Å². The van der Waals surface area contributed by atoms with Gasteiger partial charge in [-0.05, 0) is 31.2 Å². The standard InChI is InChI=1S/C21H24N4O5/c1-13-7-3-4-9-15(13)18-22-16(30-24-18)12-29-17(26)11-25-19(27)21(23-20(25)28)10-6-5-8-14(21)2/h3-4,7,9,14H,5-6,8,10-12H2,1-2H3,(H,23,28)/t14-,21+/m0/s1. The molecule has 9 heteroatoms. The zero-order chi connectivity index (χ0) is 21.3. The van der Waals surface area contributed by atoms with Crippen LogP contribution in [0.2, 0.25) is 0 Å². The maximum atomic E-state index is 12.9. The number of urea groups is 1. The van der Waals surface area contributed by atoms with Gasteiger partial charge in [0.05, 0.1) is 0 Å². The first-order valence-electron chi connectivity index (χ1n) is 10.1. The van der Waals surface area contributed by atoms with Gasteiger partial charge in [0.25, 0.3) is 11.8 Å². The first-order valence-corrected chi connectivity index (χ1v) is 10.1. The Morgan fingerprint density at radius 2 is 2.13 bits per heavy atom. The monoisotopic (exact) mass is 412 g/mol. The lowest BCUT2D eigenvalue weighted by Gasteiger charge is -2.36. The molecule has 1 aromatic heterocycles. The van der Waals surface area contributed by atoms with E-state index >= 15 is 0 Å². The Morgan fingerprint density at radius 1 is 1.33 bits per heavy atom. The molecule has 1 aliphatic heterocycles. The molecular formula is C21H24N4O5. The van der Waals surface area contributed by atoms with Gasteiger partial charge in [-0.3, -0.25) is 14.5 Å². The molecular weight excluding hydrogens is 388 g/mol. The summed E-state index contributed by atoms with van der Waals surface area (Å²) in [6, 6.07) is 7.04. The molecule has 1 aromatic carbocycles. The summed E-state index contributed by atoms with van der Waals surface area (Å²) in [4.78, 5) is 42.7. The van der Waals surface area contributed by atoms with Gasteiger partial charge in [0.1, 0.15) is 12.1 Å². The van der Waals surface area contributed by atoms with E-state index in [0.717, 1.165) is 35.3 Å². The average molecular weight is 412 g/mol. The van der Waals surface area contributed by atoms with Crippen LogP contribution in [-0.4, -0.2) is 45.0 Å². The van der Waals surface area contributed by atoms with Crippen LogP contribution in [-0.2, 0) is 20.9 Å². The van der Waals surface area contributed by atoms with E-state index < -0.39 is 24.1 Å². The molecule has 9 nitrogen and oxygen atoms in total. The molecule has 1 aliphatic carbocycles. The average Bonchev–Trinajstić information content (AvgIpc) is 3.28. The van der Waals surface area contributed by atoms with E-state index in [1.54, 1.807) is 0 Å². The van der Waals surface area contributed by atoms with E-state index in [-0.39, 0.29) is 24.3 Å². The third-order valence-corrected chi connectivity index (χ3v) is 6.00. The van der Waals surface area contributed by atoms with Crippen LogP contribution in [0.4, 0.5) is 4.79 Å². The lowest BCUT2D eigenvalue weighted by atomic mass is 9.73. The zero-order valence-corrected chi connectivity index (χ0v) is 17.0. The molecule has 1 saturated carbocycles. The molecule has 2 fully saturated rings. The van der Waals surface area contributed by atoms with Crippen molar-refractivity contribution in [2.45, 2.75) is 51.7 Å². The number of carbonyl (C=O) groups excluding carboxylic acids is 3. The van der Waals surface area contributed by atoms with Crippen LogP contribution >= 0.6 is 0 Å². The highest BCUT2D eigenvalue weighted by molar-refractivity contribution is 6.08. The van der Waals surface area contributed by atoms with Gasteiger partial charge in [0.15, 0.2) is 6.61 Å². The van der Waals surface area contributed by atoms with Crippen LogP contribution in [0, 0.1) is 12.8 Å². The third kappa shape index (κ3) is 3.55. The van der Waals surface area contributed by atoms with E-state index in [9.17, 15) is 14.4 Å². The molecule has 0 bridgehead atoms. The highest BCUT2D eigenvalue weighted by atomic mass is 16.6. The Morgan fingerprint density at radius 3 is 2.90 bits per heavy atom. The molecule has 1 saturated heterocycles. The number of aromatic nitrogens is 2. The third-order valence-electron chi connectivity index (χ3n) is 6.00. The number of imide groups is 1. The fourth-order valence-electron chi connectivity index (χ4n) is 4.20. The van der Waals surface area contributed by atoms with E-state index in [1.807, 2.05) is 38.1 Å². The van der Waals surface area contributed by atoms with Crippen LogP contribution in [0.5, 0.6) is 0 Å². The summed E-state index contributed by atoms with van der Waals surface area (Å²) < 4.78 is 10.3. The van der Waals surface area contributed by atoms with Crippen molar-refractivity contribution in [1.29, 1.82) is 0 Å². The predicted molar refractivity (Wildman–Crippen MR) is 105 cm³/mol. The lowest BCUT2D eigenvalue weighted by Crippen LogP contribution is -2.54. The number of amides is 3. The van der Waals surface area contributed by atoms with Gasteiger partial charge in [0, 0.05) is 5.56 Å². The van der Waals surface area contributed by atoms with E-state index in [4.69, 9.17) is 9.26 Å². The summed E-state index contributed by atoms with van der Waals surface area (Å²) >= 11 is 0. The summed E-state index contributed by atoms with van der Waals surface area (Å²) in [7, 11) is 0. The number of aryl methyl sites for hydroxylation is 1. The maximum Gasteiger partial charge on any atom is 0.326 e. The fourth-order valence-corrected chi connectivity index (χ4v) is 4.20. The molecule has 2 aliphatic rings. The van der Waals surface area contributed by atoms with Crippen molar-refractivity contribution in [1.82, 2.24) is 20.4 Å². The van der Waals surface area contributed by atoms with E-state index in [1.165, 1.54) is 0 Å². The van der Waals surface area contributed by atoms with E-state index in [0.29, 0.717) is 12.2 Å². The fraction of sp³-hybridized carbons (Fsp3) is 0.476. The molecule has 0 radical (unpaired) electrons. The van der Waals surface area contributed by atoms with Crippen molar-refractivity contribution in [2.75, 3.05) is 6.54 Å². The Hall–Kier alpha value is -3.23. The van der Waals surface area contributed by atoms with Crippen LogP contribution < -0.4 is 5.32 Å².